The fraction of sp³-hybridized carbons (Fsp3) is 0.200. The zero-order valence-corrected chi connectivity index (χ0v) is 11.3. The van der Waals surface area contributed by atoms with Crippen LogP contribution in [0, 0.1) is 0 Å². The smallest absolute Gasteiger partial charge is 0.257 e. The Kier molecular flexibility index (Phi) is 4.94. The Morgan fingerprint density at radius 3 is 2.95 bits per heavy atom. The molecule has 0 atom stereocenters. The molecule has 0 radical (unpaired) electrons. The van der Waals surface area contributed by atoms with Crippen LogP contribution in [0.5, 0.6) is 5.75 Å². The Morgan fingerprint density at radius 1 is 1.30 bits per heavy atom. The van der Waals surface area contributed by atoms with Gasteiger partial charge in [-0.15, -0.1) is 0 Å². The van der Waals surface area contributed by atoms with Crippen molar-refractivity contribution >= 4 is 11.6 Å². The highest BCUT2D eigenvalue weighted by molar-refractivity contribution is 5.77. The van der Waals surface area contributed by atoms with E-state index in [4.69, 9.17) is 4.74 Å². The van der Waals surface area contributed by atoms with E-state index >= 15 is 0 Å². The molecule has 2 rings (SSSR count). The molecule has 0 fully saturated rings. The Hall–Kier alpha value is -2.56. The molecule has 5 heteroatoms. The summed E-state index contributed by atoms with van der Waals surface area (Å²) in [5, 5.41) is 5.79. The van der Waals surface area contributed by atoms with Crippen LogP contribution in [0.2, 0.25) is 0 Å². The first-order valence-corrected chi connectivity index (χ1v) is 6.34. The van der Waals surface area contributed by atoms with Gasteiger partial charge in [0.25, 0.3) is 5.91 Å². The molecule has 0 aliphatic carbocycles. The van der Waals surface area contributed by atoms with Gasteiger partial charge in [-0.25, -0.2) is 0 Å². The summed E-state index contributed by atoms with van der Waals surface area (Å²) in [6, 6.07) is 11.4. The monoisotopic (exact) mass is 271 g/mol. The van der Waals surface area contributed by atoms with Gasteiger partial charge in [0.1, 0.15) is 5.75 Å². The quantitative estimate of drug-likeness (QED) is 0.841. The molecule has 0 saturated carbocycles. The number of carbonyl (C=O) groups is 1. The number of hydrogen-bond acceptors (Lipinski definition) is 4. The molecule has 0 aliphatic heterocycles. The Labute approximate surface area is 118 Å². The van der Waals surface area contributed by atoms with Crippen molar-refractivity contribution in [1.82, 2.24) is 10.3 Å². The zero-order chi connectivity index (χ0) is 14.2. The largest absolute Gasteiger partial charge is 0.484 e. The van der Waals surface area contributed by atoms with Crippen molar-refractivity contribution in [3.05, 3.63) is 54.4 Å². The standard InChI is InChI=1S/C15H17N3O2/c1-16-15(19)11-20-14-6-2-5-13(8-14)18-10-12-4-3-7-17-9-12/h2-9,18H,10-11H2,1H3,(H,16,19). The maximum atomic E-state index is 11.1. The summed E-state index contributed by atoms with van der Waals surface area (Å²) in [7, 11) is 1.58. The number of hydrogen-bond donors (Lipinski definition) is 2. The van der Waals surface area contributed by atoms with Crippen LogP contribution in [0.4, 0.5) is 5.69 Å². The third kappa shape index (κ3) is 4.28. The molecule has 1 aromatic carbocycles. The Bertz CT molecular complexity index is 558. The lowest BCUT2D eigenvalue weighted by molar-refractivity contribution is -0.122. The molecule has 2 aromatic rings. The van der Waals surface area contributed by atoms with Gasteiger partial charge in [0, 0.05) is 37.7 Å². The third-order valence-corrected chi connectivity index (χ3v) is 2.70. The normalized spacial score (nSPS) is 9.85. The van der Waals surface area contributed by atoms with Gasteiger partial charge < -0.3 is 15.4 Å². The lowest BCUT2D eigenvalue weighted by atomic mass is 10.2. The second-order valence-electron chi connectivity index (χ2n) is 4.20. The van der Waals surface area contributed by atoms with Crippen molar-refractivity contribution in [2.45, 2.75) is 6.54 Å². The van der Waals surface area contributed by atoms with Crippen molar-refractivity contribution in [1.29, 1.82) is 0 Å². The Morgan fingerprint density at radius 2 is 2.20 bits per heavy atom. The first-order chi connectivity index (χ1) is 9.78. The van der Waals surface area contributed by atoms with E-state index < -0.39 is 0 Å². The minimum atomic E-state index is -0.154. The number of pyridine rings is 1. The number of ether oxygens (including phenoxy) is 1. The SMILES string of the molecule is CNC(=O)COc1cccc(NCc2cccnc2)c1. The van der Waals surface area contributed by atoms with Crippen molar-refractivity contribution in [2.24, 2.45) is 0 Å². The van der Waals surface area contributed by atoms with Crippen LogP contribution in [0.3, 0.4) is 0 Å². The molecule has 0 bridgehead atoms. The minimum Gasteiger partial charge on any atom is -0.484 e. The van der Waals surface area contributed by atoms with Crippen LogP contribution in [-0.2, 0) is 11.3 Å². The number of carbonyl (C=O) groups excluding carboxylic acids is 1. The molecule has 20 heavy (non-hydrogen) atoms. The van der Waals surface area contributed by atoms with Crippen LogP contribution in [0.1, 0.15) is 5.56 Å². The summed E-state index contributed by atoms with van der Waals surface area (Å²) in [5.74, 6) is 0.503. The topological polar surface area (TPSA) is 63.2 Å². The average molecular weight is 271 g/mol. The van der Waals surface area contributed by atoms with Gasteiger partial charge in [-0.3, -0.25) is 9.78 Å². The van der Waals surface area contributed by atoms with Gasteiger partial charge in [0.2, 0.25) is 0 Å². The zero-order valence-electron chi connectivity index (χ0n) is 11.3. The third-order valence-electron chi connectivity index (χ3n) is 2.70. The van der Waals surface area contributed by atoms with Crippen LogP contribution in [-0.4, -0.2) is 24.5 Å². The van der Waals surface area contributed by atoms with Crippen LogP contribution in [0.15, 0.2) is 48.8 Å². The number of aromatic nitrogens is 1. The number of benzene rings is 1. The van der Waals surface area contributed by atoms with Gasteiger partial charge in [-0.2, -0.15) is 0 Å². The average Bonchev–Trinajstić information content (AvgIpc) is 2.52. The fourth-order valence-corrected chi connectivity index (χ4v) is 1.62. The second kappa shape index (κ2) is 7.13. The summed E-state index contributed by atoms with van der Waals surface area (Å²) in [6.07, 6.45) is 3.57. The van der Waals surface area contributed by atoms with Crippen LogP contribution in [0.25, 0.3) is 0 Å². The van der Waals surface area contributed by atoms with Crippen molar-refractivity contribution < 1.29 is 9.53 Å². The molecule has 1 amide bonds. The second-order valence-corrected chi connectivity index (χ2v) is 4.20. The first-order valence-electron chi connectivity index (χ1n) is 6.34. The lowest BCUT2D eigenvalue weighted by Gasteiger charge is -2.09. The number of nitrogens with zero attached hydrogens (tertiary/aromatic N) is 1. The van der Waals surface area contributed by atoms with E-state index in [0.717, 1.165) is 11.3 Å². The summed E-state index contributed by atoms with van der Waals surface area (Å²) in [4.78, 5) is 15.2. The first kappa shape index (κ1) is 13.9. The van der Waals surface area contributed by atoms with Crippen molar-refractivity contribution in [3.8, 4) is 5.75 Å². The van der Waals surface area contributed by atoms with E-state index in [9.17, 15) is 4.79 Å². The molecule has 0 saturated heterocycles. The summed E-state index contributed by atoms with van der Waals surface area (Å²) in [6.45, 7) is 0.704. The summed E-state index contributed by atoms with van der Waals surface area (Å²) >= 11 is 0. The van der Waals surface area contributed by atoms with Crippen molar-refractivity contribution in [2.75, 3.05) is 19.0 Å². The number of amides is 1. The lowest BCUT2D eigenvalue weighted by Crippen LogP contribution is -2.24. The van der Waals surface area contributed by atoms with E-state index in [0.29, 0.717) is 12.3 Å². The van der Waals surface area contributed by atoms with Gasteiger partial charge in [0.05, 0.1) is 0 Å². The molecule has 5 nitrogen and oxygen atoms in total. The number of nitrogens with one attached hydrogen (secondary N) is 2. The summed E-state index contributed by atoms with van der Waals surface area (Å²) in [5.41, 5.74) is 2.03. The molecule has 1 aromatic heterocycles. The molecule has 0 aliphatic rings. The maximum Gasteiger partial charge on any atom is 0.257 e. The Balaban J connectivity index is 1.90. The predicted molar refractivity (Wildman–Crippen MR) is 77.6 cm³/mol. The van der Waals surface area contributed by atoms with Gasteiger partial charge >= 0.3 is 0 Å². The van der Waals surface area contributed by atoms with E-state index in [2.05, 4.69) is 15.6 Å². The van der Waals surface area contributed by atoms with E-state index in [1.807, 2.05) is 42.6 Å². The number of anilines is 1. The molecule has 1 heterocycles. The van der Waals surface area contributed by atoms with Gasteiger partial charge in [0.15, 0.2) is 6.61 Å². The molecule has 0 spiro atoms. The maximum absolute atomic E-state index is 11.1. The minimum absolute atomic E-state index is 0.0164. The highest BCUT2D eigenvalue weighted by atomic mass is 16.5. The predicted octanol–water partition coefficient (Wildman–Crippen LogP) is 1.82. The number of likely N-dealkylation sites (N-methyl/N-ethyl adjacent to an activating group) is 1. The molecular formula is C15H17N3O2. The highest BCUT2D eigenvalue weighted by Gasteiger charge is 2.01. The molecular weight excluding hydrogens is 254 g/mol. The van der Waals surface area contributed by atoms with Gasteiger partial charge in [-0.05, 0) is 23.8 Å². The van der Waals surface area contributed by atoms with Crippen molar-refractivity contribution in [3.63, 3.8) is 0 Å². The summed E-state index contributed by atoms with van der Waals surface area (Å²) < 4.78 is 5.39. The van der Waals surface area contributed by atoms with Crippen LogP contribution >= 0.6 is 0 Å². The molecule has 104 valence electrons. The van der Waals surface area contributed by atoms with Crippen LogP contribution < -0.4 is 15.4 Å². The van der Waals surface area contributed by atoms with E-state index in [-0.39, 0.29) is 12.5 Å². The van der Waals surface area contributed by atoms with E-state index in [1.165, 1.54) is 0 Å². The fourth-order valence-electron chi connectivity index (χ4n) is 1.62. The molecule has 2 N–H and O–H groups in total. The highest BCUT2D eigenvalue weighted by Crippen LogP contribution is 2.17. The molecule has 0 unspecified atom stereocenters. The number of rotatable bonds is 6. The van der Waals surface area contributed by atoms with Gasteiger partial charge in [-0.1, -0.05) is 12.1 Å². The van der Waals surface area contributed by atoms with E-state index in [1.54, 1.807) is 13.2 Å².